The molecule has 7 nitrogen and oxygen atoms in total. The van der Waals surface area contributed by atoms with Crippen LogP contribution in [0.15, 0.2) is 53.6 Å². The van der Waals surface area contributed by atoms with Gasteiger partial charge in [-0.1, -0.05) is 18.2 Å². The Morgan fingerprint density at radius 3 is 2.62 bits per heavy atom. The highest BCUT2D eigenvalue weighted by Crippen LogP contribution is 2.18. The van der Waals surface area contributed by atoms with Crippen LogP contribution in [0.3, 0.4) is 0 Å². The third-order valence-electron chi connectivity index (χ3n) is 3.73. The average Bonchev–Trinajstić information content (AvgIpc) is 2.63. The number of hydrazone groups is 1. The first-order chi connectivity index (χ1) is 11.7. The van der Waals surface area contributed by atoms with Crippen LogP contribution in [-0.4, -0.2) is 37.4 Å². The molecule has 1 fully saturated rings. The summed E-state index contributed by atoms with van der Waals surface area (Å²) < 4.78 is 5.35. The second-order valence-corrected chi connectivity index (χ2v) is 5.37. The monoisotopic (exact) mass is 326 g/mol. The van der Waals surface area contributed by atoms with Gasteiger partial charge in [-0.3, -0.25) is 15.5 Å². The Bertz CT molecular complexity index is 725. The summed E-state index contributed by atoms with van der Waals surface area (Å²) in [7, 11) is 0. The maximum absolute atomic E-state index is 10.7. The number of rotatable bonds is 5. The molecule has 124 valence electrons. The molecule has 0 atom stereocenters. The quantitative estimate of drug-likeness (QED) is 0.519. The number of anilines is 2. The van der Waals surface area contributed by atoms with Crippen molar-refractivity contribution in [2.24, 2.45) is 5.10 Å². The number of nitrogens with one attached hydrogen (secondary N) is 1. The topological polar surface area (TPSA) is 80.0 Å². The number of benzene rings is 2. The first kappa shape index (κ1) is 15.9. The van der Waals surface area contributed by atoms with Crippen molar-refractivity contribution in [2.75, 3.05) is 36.6 Å². The Hall–Kier alpha value is -2.93. The van der Waals surface area contributed by atoms with Crippen LogP contribution in [0.2, 0.25) is 0 Å². The van der Waals surface area contributed by atoms with Crippen molar-refractivity contribution in [3.8, 4) is 0 Å². The van der Waals surface area contributed by atoms with E-state index in [4.69, 9.17) is 4.74 Å². The standard InChI is InChI=1S/C17H18N4O3/c22-21(23)17-3-1-2-15(12-17)19-18-13-14-4-6-16(7-5-14)20-8-10-24-11-9-20/h1-7,12-13,19H,8-11H2. The lowest BCUT2D eigenvalue weighted by Crippen LogP contribution is -2.36. The predicted molar refractivity (Wildman–Crippen MR) is 93.8 cm³/mol. The Morgan fingerprint density at radius 2 is 1.92 bits per heavy atom. The van der Waals surface area contributed by atoms with Gasteiger partial charge in [0, 0.05) is 30.9 Å². The highest BCUT2D eigenvalue weighted by Gasteiger charge is 2.10. The molecule has 0 aliphatic carbocycles. The minimum Gasteiger partial charge on any atom is -0.378 e. The average molecular weight is 326 g/mol. The summed E-state index contributed by atoms with van der Waals surface area (Å²) in [5.74, 6) is 0. The summed E-state index contributed by atoms with van der Waals surface area (Å²) in [5, 5.41) is 14.9. The molecule has 0 aromatic heterocycles. The van der Waals surface area contributed by atoms with Gasteiger partial charge in [-0.15, -0.1) is 0 Å². The number of nitrogens with zero attached hydrogens (tertiary/aromatic N) is 3. The van der Waals surface area contributed by atoms with E-state index in [1.807, 2.05) is 12.1 Å². The Morgan fingerprint density at radius 1 is 1.17 bits per heavy atom. The van der Waals surface area contributed by atoms with Gasteiger partial charge >= 0.3 is 0 Å². The Kier molecular flexibility index (Phi) is 5.02. The summed E-state index contributed by atoms with van der Waals surface area (Å²) in [4.78, 5) is 12.6. The molecule has 0 unspecified atom stereocenters. The Balaban J connectivity index is 1.60. The van der Waals surface area contributed by atoms with E-state index in [9.17, 15) is 10.1 Å². The van der Waals surface area contributed by atoms with Crippen LogP contribution in [0.5, 0.6) is 0 Å². The molecule has 0 amide bonds. The SMILES string of the molecule is O=[N+]([O-])c1cccc(NN=Cc2ccc(N3CCOCC3)cc2)c1. The van der Waals surface area contributed by atoms with Crippen LogP contribution in [0.1, 0.15) is 5.56 Å². The summed E-state index contributed by atoms with van der Waals surface area (Å²) in [6.45, 7) is 3.33. The van der Waals surface area contributed by atoms with Gasteiger partial charge in [0.25, 0.3) is 5.69 Å². The fraction of sp³-hybridized carbons (Fsp3) is 0.235. The third kappa shape index (κ3) is 4.08. The molecule has 2 aromatic carbocycles. The zero-order valence-electron chi connectivity index (χ0n) is 13.1. The molecule has 7 heteroatoms. The van der Waals surface area contributed by atoms with Crippen molar-refractivity contribution in [2.45, 2.75) is 0 Å². The number of ether oxygens (including phenoxy) is 1. The molecule has 1 N–H and O–H groups in total. The van der Waals surface area contributed by atoms with Gasteiger partial charge < -0.3 is 9.64 Å². The van der Waals surface area contributed by atoms with E-state index in [0.29, 0.717) is 5.69 Å². The first-order valence-corrected chi connectivity index (χ1v) is 7.69. The van der Waals surface area contributed by atoms with E-state index in [0.717, 1.165) is 31.9 Å². The lowest BCUT2D eigenvalue weighted by molar-refractivity contribution is -0.384. The summed E-state index contributed by atoms with van der Waals surface area (Å²) in [6, 6.07) is 14.3. The molecule has 1 aliphatic rings. The van der Waals surface area contributed by atoms with E-state index in [1.54, 1.807) is 18.3 Å². The number of non-ortho nitro benzene ring substituents is 1. The minimum absolute atomic E-state index is 0.0325. The molecule has 3 rings (SSSR count). The van der Waals surface area contributed by atoms with Crippen molar-refractivity contribution in [3.63, 3.8) is 0 Å². The number of hydrogen-bond acceptors (Lipinski definition) is 6. The number of nitro benzene ring substituents is 1. The van der Waals surface area contributed by atoms with Gasteiger partial charge in [0.1, 0.15) is 0 Å². The largest absolute Gasteiger partial charge is 0.378 e. The molecule has 1 aliphatic heterocycles. The number of nitro groups is 1. The molecular weight excluding hydrogens is 308 g/mol. The molecule has 1 saturated heterocycles. The smallest absolute Gasteiger partial charge is 0.271 e. The van der Waals surface area contributed by atoms with Crippen molar-refractivity contribution in [1.29, 1.82) is 0 Å². The van der Waals surface area contributed by atoms with Crippen molar-refractivity contribution in [3.05, 3.63) is 64.2 Å². The maximum Gasteiger partial charge on any atom is 0.271 e. The highest BCUT2D eigenvalue weighted by atomic mass is 16.6. The van der Waals surface area contributed by atoms with Gasteiger partial charge in [-0.25, -0.2) is 0 Å². The predicted octanol–water partition coefficient (Wildman–Crippen LogP) is 2.88. The zero-order chi connectivity index (χ0) is 16.8. The second kappa shape index (κ2) is 7.56. The third-order valence-corrected chi connectivity index (χ3v) is 3.73. The van der Waals surface area contributed by atoms with Crippen molar-refractivity contribution in [1.82, 2.24) is 0 Å². The van der Waals surface area contributed by atoms with Crippen molar-refractivity contribution < 1.29 is 9.66 Å². The van der Waals surface area contributed by atoms with Gasteiger partial charge in [-0.2, -0.15) is 5.10 Å². The molecule has 0 radical (unpaired) electrons. The minimum atomic E-state index is -0.431. The fourth-order valence-corrected chi connectivity index (χ4v) is 2.46. The van der Waals surface area contributed by atoms with Crippen LogP contribution in [-0.2, 0) is 4.74 Å². The summed E-state index contributed by atoms with van der Waals surface area (Å²) in [6.07, 6.45) is 1.68. The van der Waals surface area contributed by atoms with E-state index in [1.165, 1.54) is 17.8 Å². The van der Waals surface area contributed by atoms with Gasteiger partial charge in [0.2, 0.25) is 0 Å². The van der Waals surface area contributed by atoms with Crippen LogP contribution < -0.4 is 10.3 Å². The van der Waals surface area contributed by atoms with E-state index in [2.05, 4.69) is 27.6 Å². The second-order valence-electron chi connectivity index (χ2n) is 5.37. The van der Waals surface area contributed by atoms with Crippen molar-refractivity contribution >= 4 is 23.3 Å². The molecular formula is C17H18N4O3. The molecule has 2 aromatic rings. The first-order valence-electron chi connectivity index (χ1n) is 7.69. The fourth-order valence-electron chi connectivity index (χ4n) is 2.46. The maximum atomic E-state index is 10.7. The zero-order valence-corrected chi connectivity index (χ0v) is 13.1. The molecule has 0 spiro atoms. The van der Waals surface area contributed by atoms with E-state index < -0.39 is 4.92 Å². The normalized spacial score (nSPS) is 14.8. The summed E-state index contributed by atoms with van der Waals surface area (Å²) in [5.41, 5.74) is 5.53. The molecule has 24 heavy (non-hydrogen) atoms. The Labute approximate surface area is 139 Å². The lowest BCUT2D eigenvalue weighted by Gasteiger charge is -2.28. The van der Waals surface area contributed by atoms with Crippen LogP contribution >= 0.6 is 0 Å². The van der Waals surface area contributed by atoms with Gasteiger partial charge in [0.05, 0.1) is 30.0 Å². The number of morpholine rings is 1. The van der Waals surface area contributed by atoms with Crippen LogP contribution in [0.25, 0.3) is 0 Å². The molecule has 1 heterocycles. The summed E-state index contributed by atoms with van der Waals surface area (Å²) >= 11 is 0. The lowest BCUT2D eigenvalue weighted by atomic mass is 10.2. The number of hydrogen-bond donors (Lipinski definition) is 1. The highest BCUT2D eigenvalue weighted by molar-refractivity contribution is 5.81. The van der Waals surface area contributed by atoms with Crippen LogP contribution in [0.4, 0.5) is 17.1 Å². The molecule has 0 bridgehead atoms. The van der Waals surface area contributed by atoms with E-state index >= 15 is 0 Å². The van der Waals surface area contributed by atoms with Gasteiger partial charge in [-0.05, 0) is 23.8 Å². The van der Waals surface area contributed by atoms with Crippen LogP contribution in [0, 0.1) is 10.1 Å². The van der Waals surface area contributed by atoms with E-state index in [-0.39, 0.29) is 5.69 Å². The van der Waals surface area contributed by atoms with Gasteiger partial charge in [0.15, 0.2) is 0 Å². The molecule has 0 saturated carbocycles.